The third-order valence-electron chi connectivity index (χ3n) is 6.63. The minimum atomic E-state index is -0.0822. The zero-order valence-corrected chi connectivity index (χ0v) is 12.9. The van der Waals surface area contributed by atoms with Gasteiger partial charge in [0.15, 0.2) is 0 Å². The van der Waals surface area contributed by atoms with Gasteiger partial charge in [0.25, 0.3) is 0 Å². The van der Waals surface area contributed by atoms with Crippen LogP contribution in [0.15, 0.2) is 0 Å². The summed E-state index contributed by atoms with van der Waals surface area (Å²) < 4.78 is 5.88. The Kier molecular flexibility index (Phi) is 2.98. The minimum absolute atomic E-state index is 0.0822. The number of nitrogens with two attached hydrogens (primary N) is 1. The molecule has 4 nitrogen and oxygen atoms in total. The third kappa shape index (κ3) is 1.81. The summed E-state index contributed by atoms with van der Waals surface area (Å²) in [5, 5.41) is 3.78. The maximum Gasteiger partial charge on any atom is 0.0691 e. The van der Waals surface area contributed by atoms with Gasteiger partial charge in [0.2, 0.25) is 0 Å². The lowest BCUT2D eigenvalue weighted by Crippen LogP contribution is -2.78. The van der Waals surface area contributed by atoms with Gasteiger partial charge in [-0.25, -0.2) is 0 Å². The zero-order valence-electron chi connectivity index (χ0n) is 12.9. The lowest BCUT2D eigenvalue weighted by atomic mass is 9.48. The molecule has 2 aliphatic carbocycles. The molecule has 3 N–H and O–H groups in total. The van der Waals surface area contributed by atoms with Crippen molar-refractivity contribution in [2.75, 3.05) is 26.2 Å². The van der Waals surface area contributed by atoms with Crippen LogP contribution in [-0.4, -0.2) is 54.9 Å². The largest absolute Gasteiger partial charge is 0.377 e. The van der Waals surface area contributed by atoms with E-state index in [0.717, 1.165) is 25.6 Å². The van der Waals surface area contributed by atoms with Gasteiger partial charge in [-0.1, -0.05) is 13.8 Å². The summed E-state index contributed by atoms with van der Waals surface area (Å²) in [6.45, 7) is 8.92. The number of nitrogens with zero attached hydrogens (tertiary/aromatic N) is 1. The second kappa shape index (κ2) is 4.42. The van der Waals surface area contributed by atoms with Crippen molar-refractivity contribution >= 4 is 0 Å². The van der Waals surface area contributed by atoms with E-state index in [1.807, 2.05) is 0 Å². The molecule has 2 aliphatic heterocycles. The van der Waals surface area contributed by atoms with Gasteiger partial charge in [0, 0.05) is 55.2 Å². The Morgan fingerprint density at radius 1 is 1.25 bits per heavy atom. The van der Waals surface area contributed by atoms with Gasteiger partial charge < -0.3 is 15.8 Å². The molecular weight excluding hydrogens is 250 g/mol. The van der Waals surface area contributed by atoms with E-state index in [1.54, 1.807) is 0 Å². The Hall–Kier alpha value is -0.160. The van der Waals surface area contributed by atoms with Crippen molar-refractivity contribution in [2.24, 2.45) is 17.1 Å². The number of rotatable bonds is 4. The molecule has 2 saturated carbocycles. The van der Waals surface area contributed by atoms with Gasteiger partial charge in [-0.15, -0.1) is 0 Å². The van der Waals surface area contributed by atoms with E-state index in [2.05, 4.69) is 24.1 Å². The molecule has 4 unspecified atom stereocenters. The van der Waals surface area contributed by atoms with Crippen LogP contribution in [0.1, 0.15) is 39.5 Å². The Labute approximate surface area is 122 Å². The van der Waals surface area contributed by atoms with Crippen molar-refractivity contribution in [1.29, 1.82) is 0 Å². The first kappa shape index (κ1) is 13.5. The molecule has 2 heterocycles. The van der Waals surface area contributed by atoms with Crippen LogP contribution in [-0.2, 0) is 4.74 Å². The van der Waals surface area contributed by atoms with Gasteiger partial charge in [0.05, 0.1) is 6.10 Å². The van der Waals surface area contributed by atoms with E-state index >= 15 is 0 Å². The van der Waals surface area contributed by atoms with Crippen LogP contribution >= 0.6 is 0 Å². The van der Waals surface area contributed by atoms with Gasteiger partial charge in [-0.2, -0.15) is 0 Å². The molecule has 4 atom stereocenters. The fraction of sp³-hybridized carbons (Fsp3) is 1.00. The van der Waals surface area contributed by atoms with Gasteiger partial charge in [-0.3, -0.25) is 4.90 Å². The molecule has 0 spiro atoms. The predicted molar refractivity (Wildman–Crippen MR) is 79.5 cm³/mol. The number of ether oxygens (including phenoxy) is 1. The molecular formula is C16H29N3O. The molecule has 4 fully saturated rings. The van der Waals surface area contributed by atoms with Crippen molar-refractivity contribution in [2.45, 2.75) is 63.3 Å². The van der Waals surface area contributed by atoms with Crippen molar-refractivity contribution < 1.29 is 4.74 Å². The highest BCUT2D eigenvalue weighted by molar-refractivity contribution is 5.21. The fourth-order valence-corrected chi connectivity index (χ4v) is 4.87. The lowest BCUT2D eigenvalue weighted by Gasteiger charge is -2.62. The molecule has 4 aliphatic rings. The molecule has 0 bridgehead atoms. The SMILES string of the molecule is CC1(C)C2OCCC2C1(N)CNC1CCN(C2CC2)C1. The molecule has 0 amide bonds. The number of nitrogens with one attached hydrogen (secondary N) is 1. The Morgan fingerprint density at radius 3 is 2.80 bits per heavy atom. The Morgan fingerprint density at radius 2 is 2.05 bits per heavy atom. The normalized spacial score (nSPS) is 47.2. The number of hydrogen-bond donors (Lipinski definition) is 2. The van der Waals surface area contributed by atoms with Crippen molar-refractivity contribution in [3.63, 3.8) is 0 Å². The summed E-state index contributed by atoms with van der Waals surface area (Å²) in [4.78, 5) is 2.66. The van der Waals surface area contributed by atoms with Crippen LogP contribution in [0.4, 0.5) is 0 Å². The standard InChI is InChI=1S/C16H29N3O/c1-15(2)14-13(6-8-20-14)16(15,17)10-18-11-5-7-19(9-11)12-3-4-12/h11-14,18H,3-10,17H2,1-2H3. The summed E-state index contributed by atoms with van der Waals surface area (Å²) >= 11 is 0. The van der Waals surface area contributed by atoms with Crippen LogP contribution in [0.5, 0.6) is 0 Å². The first-order chi connectivity index (χ1) is 9.52. The van der Waals surface area contributed by atoms with E-state index < -0.39 is 0 Å². The Balaban J connectivity index is 1.35. The van der Waals surface area contributed by atoms with Crippen LogP contribution < -0.4 is 11.1 Å². The average Bonchev–Trinajstić information content (AvgIpc) is 2.99. The zero-order chi connectivity index (χ0) is 14.0. The average molecular weight is 279 g/mol. The summed E-state index contributed by atoms with van der Waals surface area (Å²) in [6.07, 6.45) is 5.66. The van der Waals surface area contributed by atoms with Crippen LogP contribution in [0.25, 0.3) is 0 Å². The summed E-state index contributed by atoms with van der Waals surface area (Å²) in [7, 11) is 0. The van der Waals surface area contributed by atoms with E-state index in [9.17, 15) is 0 Å². The Bertz CT molecular complexity index is 395. The number of hydrogen-bond acceptors (Lipinski definition) is 4. The van der Waals surface area contributed by atoms with Crippen molar-refractivity contribution in [1.82, 2.24) is 10.2 Å². The van der Waals surface area contributed by atoms with Gasteiger partial charge in [0.1, 0.15) is 0 Å². The molecule has 2 saturated heterocycles. The van der Waals surface area contributed by atoms with Crippen LogP contribution in [0, 0.1) is 11.3 Å². The first-order valence-corrected chi connectivity index (χ1v) is 8.40. The van der Waals surface area contributed by atoms with Crippen molar-refractivity contribution in [3.8, 4) is 0 Å². The summed E-state index contributed by atoms with van der Waals surface area (Å²) in [6, 6.07) is 1.55. The van der Waals surface area contributed by atoms with E-state index in [0.29, 0.717) is 18.1 Å². The van der Waals surface area contributed by atoms with Crippen molar-refractivity contribution in [3.05, 3.63) is 0 Å². The molecule has 0 aromatic rings. The van der Waals surface area contributed by atoms with Crippen LogP contribution in [0.2, 0.25) is 0 Å². The molecule has 0 aromatic heterocycles. The third-order valence-corrected chi connectivity index (χ3v) is 6.63. The lowest BCUT2D eigenvalue weighted by molar-refractivity contribution is -0.154. The highest BCUT2D eigenvalue weighted by atomic mass is 16.5. The van der Waals surface area contributed by atoms with E-state index in [1.165, 1.54) is 32.4 Å². The quantitative estimate of drug-likeness (QED) is 0.805. The van der Waals surface area contributed by atoms with E-state index in [4.69, 9.17) is 10.5 Å². The molecule has 0 radical (unpaired) electrons. The number of likely N-dealkylation sites (tertiary alicyclic amines) is 1. The molecule has 20 heavy (non-hydrogen) atoms. The first-order valence-electron chi connectivity index (χ1n) is 8.40. The molecule has 114 valence electrons. The summed E-state index contributed by atoms with van der Waals surface area (Å²) in [5.41, 5.74) is 6.82. The topological polar surface area (TPSA) is 50.5 Å². The van der Waals surface area contributed by atoms with Gasteiger partial charge in [-0.05, 0) is 25.7 Å². The fourth-order valence-electron chi connectivity index (χ4n) is 4.87. The molecule has 4 heteroatoms. The smallest absolute Gasteiger partial charge is 0.0691 e. The summed E-state index contributed by atoms with van der Waals surface area (Å²) in [5.74, 6) is 0.561. The molecule has 0 aromatic carbocycles. The molecule has 4 rings (SSSR count). The second-order valence-electron chi connectivity index (χ2n) is 8.04. The highest BCUT2D eigenvalue weighted by Crippen LogP contribution is 2.57. The van der Waals surface area contributed by atoms with Gasteiger partial charge >= 0.3 is 0 Å². The number of fused-ring (bicyclic) bond motifs is 1. The van der Waals surface area contributed by atoms with E-state index in [-0.39, 0.29) is 11.0 Å². The maximum atomic E-state index is 6.79. The monoisotopic (exact) mass is 279 g/mol. The van der Waals surface area contributed by atoms with Crippen LogP contribution in [0.3, 0.4) is 0 Å². The second-order valence-corrected chi connectivity index (χ2v) is 8.04. The maximum absolute atomic E-state index is 6.79. The highest BCUT2D eigenvalue weighted by Gasteiger charge is 2.67. The predicted octanol–water partition coefficient (Wildman–Crippen LogP) is 0.955. The minimum Gasteiger partial charge on any atom is -0.377 e.